The van der Waals surface area contributed by atoms with Gasteiger partial charge in [-0.1, -0.05) is 48.5 Å². The van der Waals surface area contributed by atoms with Gasteiger partial charge in [0.1, 0.15) is 12.3 Å². The molecule has 3 N–H and O–H groups in total. The number of carbonyl (C=O) groups excluding carboxylic acids is 2. The Bertz CT molecular complexity index is 1150. The first-order valence-corrected chi connectivity index (χ1v) is 10.2. The summed E-state index contributed by atoms with van der Waals surface area (Å²) >= 11 is 0. The van der Waals surface area contributed by atoms with Gasteiger partial charge >= 0.3 is 12.1 Å². The fourth-order valence-corrected chi connectivity index (χ4v) is 3.60. The van der Waals surface area contributed by atoms with E-state index in [0.717, 1.165) is 22.3 Å². The van der Waals surface area contributed by atoms with Gasteiger partial charge in [-0.2, -0.15) is 0 Å². The molecule has 0 saturated carbocycles. The van der Waals surface area contributed by atoms with Crippen LogP contribution in [0.2, 0.25) is 0 Å². The smallest absolute Gasteiger partial charge is 0.411 e. The topological polar surface area (TPSA) is 127 Å². The highest BCUT2D eigenvalue weighted by atomic mass is 16.7. The van der Waals surface area contributed by atoms with E-state index >= 15 is 0 Å². The highest BCUT2D eigenvalue weighted by Crippen LogP contribution is 2.44. The number of carbonyl (C=O) groups is 3. The molecule has 168 valence electrons. The van der Waals surface area contributed by atoms with Crippen LogP contribution in [0.25, 0.3) is 11.1 Å². The molecule has 0 fully saturated rings. The van der Waals surface area contributed by atoms with Gasteiger partial charge in [0.05, 0.1) is 11.9 Å². The molecule has 0 bridgehead atoms. The van der Waals surface area contributed by atoms with Gasteiger partial charge in [-0.15, -0.1) is 0 Å². The Balaban J connectivity index is 1.33. The zero-order valence-electron chi connectivity index (χ0n) is 17.6. The number of hydrogen-bond donors (Lipinski definition) is 3. The Morgan fingerprint density at radius 1 is 1.00 bits per heavy atom. The summed E-state index contributed by atoms with van der Waals surface area (Å²) in [6.07, 6.45) is -0.560. The van der Waals surface area contributed by atoms with Crippen molar-refractivity contribution in [1.82, 2.24) is 10.5 Å². The number of hydroxylamine groups is 1. The highest BCUT2D eigenvalue weighted by Gasteiger charge is 2.29. The summed E-state index contributed by atoms with van der Waals surface area (Å²) in [6.45, 7) is 1.45. The summed E-state index contributed by atoms with van der Waals surface area (Å²) in [7, 11) is 0. The number of fused-ring (bicyclic) bond motifs is 3. The normalized spacial score (nSPS) is 12.9. The van der Waals surface area contributed by atoms with Crippen LogP contribution in [0, 0.1) is 0 Å². The molecule has 1 aliphatic rings. The van der Waals surface area contributed by atoms with Crippen molar-refractivity contribution in [2.75, 3.05) is 11.9 Å². The van der Waals surface area contributed by atoms with E-state index in [1.54, 1.807) is 0 Å². The lowest BCUT2D eigenvalue weighted by Crippen LogP contribution is -2.32. The van der Waals surface area contributed by atoms with Crippen LogP contribution in [0.5, 0.6) is 0 Å². The van der Waals surface area contributed by atoms with E-state index in [1.165, 1.54) is 25.3 Å². The van der Waals surface area contributed by atoms with Crippen LogP contribution in [0.4, 0.5) is 10.5 Å². The predicted octanol–water partition coefficient (Wildman–Crippen LogP) is 3.58. The number of anilines is 1. The van der Waals surface area contributed by atoms with E-state index in [2.05, 4.69) is 22.4 Å². The van der Waals surface area contributed by atoms with Gasteiger partial charge in [0, 0.05) is 5.92 Å². The molecule has 2 aromatic carbocycles. The summed E-state index contributed by atoms with van der Waals surface area (Å²) in [5, 5.41) is 11.3. The van der Waals surface area contributed by atoms with E-state index in [0.29, 0.717) is 5.69 Å². The molecule has 1 atom stereocenters. The van der Waals surface area contributed by atoms with Gasteiger partial charge in [0.25, 0.3) is 5.91 Å². The quantitative estimate of drug-likeness (QED) is 0.473. The number of nitrogens with one attached hydrogen (secondary N) is 2. The lowest BCUT2D eigenvalue weighted by molar-refractivity contribution is -0.152. The third-order valence-corrected chi connectivity index (χ3v) is 5.26. The fraction of sp³-hybridized carbons (Fsp3) is 0.167. The van der Waals surface area contributed by atoms with Crippen molar-refractivity contribution in [3.05, 3.63) is 83.7 Å². The number of aliphatic carboxylic acids is 1. The minimum absolute atomic E-state index is 0.00863. The Hall–Kier alpha value is -4.24. The Morgan fingerprint density at radius 3 is 2.21 bits per heavy atom. The molecule has 3 aromatic rings. The molecule has 1 aromatic heterocycles. The average Bonchev–Trinajstić information content (AvgIpc) is 3.15. The standard InChI is InChI=1S/C24H21N3O6/c1-14(23(29)30)33-27-22(28)21-11-10-15(12-25-21)26-24(31)32-13-20-18-8-4-2-6-16(18)17-7-3-5-9-19(17)20/h2-12,14,20H,13H2,1H3,(H,26,31)(H,27,28)(H,29,30). The first-order chi connectivity index (χ1) is 15.9. The largest absolute Gasteiger partial charge is 0.479 e. The molecule has 2 amide bonds. The van der Waals surface area contributed by atoms with Gasteiger partial charge in [0.2, 0.25) is 0 Å². The first kappa shape index (κ1) is 22.0. The van der Waals surface area contributed by atoms with Crippen molar-refractivity contribution in [2.45, 2.75) is 18.9 Å². The number of amides is 2. The first-order valence-electron chi connectivity index (χ1n) is 10.2. The molecule has 9 nitrogen and oxygen atoms in total. The summed E-state index contributed by atoms with van der Waals surface area (Å²) in [4.78, 5) is 43.7. The van der Waals surface area contributed by atoms with E-state index in [9.17, 15) is 14.4 Å². The summed E-state index contributed by atoms with van der Waals surface area (Å²) in [5.41, 5.74) is 6.85. The van der Waals surface area contributed by atoms with Gasteiger partial charge in [-0.05, 0) is 41.3 Å². The average molecular weight is 447 g/mol. The van der Waals surface area contributed by atoms with Gasteiger partial charge < -0.3 is 9.84 Å². The second kappa shape index (κ2) is 9.49. The molecule has 9 heteroatoms. The van der Waals surface area contributed by atoms with Gasteiger partial charge in [0.15, 0.2) is 6.10 Å². The molecule has 0 radical (unpaired) electrons. The number of carboxylic acid groups (broad SMARTS) is 1. The molecule has 1 unspecified atom stereocenters. The van der Waals surface area contributed by atoms with E-state index < -0.39 is 24.1 Å². The minimum Gasteiger partial charge on any atom is -0.479 e. The van der Waals surface area contributed by atoms with Gasteiger partial charge in [-0.3, -0.25) is 14.9 Å². The monoisotopic (exact) mass is 447 g/mol. The SMILES string of the molecule is CC(ONC(=O)c1ccc(NC(=O)OCC2c3ccccc3-c3ccccc32)cn1)C(=O)O. The van der Waals surface area contributed by atoms with Crippen molar-refractivity contribution in [1.29, 1.82) is 0 Å². The van der Waals surface area contributed by atoms with Crippen LogP contribution in [0.15, 0.2) is 66.9 Å². The zero-order chi connectivity index (χ0) is 23.4. The van der Waals surface area contributed by atoms with Crippen molar-refractivity contribution in [3.63, 3.8) is 0 Å². The van der Waals surface area contributed by atoms with Crippen molar-refractivity contribution in [2.24, 2.45) is 0 Å². The molecule has 0 aliphatic heterocycles. The maximum atomic E-state index is 12.3. The van der Waals surface area contributed by atoms with Crippen LogP contribution >= 0.6 is 0 Å². The van der Waals surface area contributed by atoms with E-state index in [-0.39, 0.29) is 18.2 Å². The molecule has 1 aliphatic carbocycles. The maximum absolute atomic E-state index is 12.3. The van der Waals surface area contributed by atoms with Crippen LogP contribution in [0.3, 0.4) is 0 Å². The molecule has 0 spiro atoms. The number of rotatable bonds is 7. The Morgan fingerprint density at radius 2 is 1.64 bits per heavy atom. The molecule has 33 heavy (non-hydrogen) atoms. The Kier molecular flexibility index (Phi) is 6.32. The van der Waals surface area contributed by atoms with E-state index in [1.807, 2.05) is 41.9 Å². The third-order valence-electron chi connectivity index (χ3n) is 5.26. The van der Waals surface area contributed by atoms with Crippen LogP contribution in [-0.4, -0.2) is 40.8 Å². The maximum Gasteiger partial charge on any atom is 0.411 e. The Labute approximate surface area is 189 Å². The second-order valence-corrected chi connectivity index (χ2v) is 7.41. The number of hydrogen-bond acceptors (Lipinski definition) is 6. The summed E-state index contributed by atoms with van der Waals surface area (Å²) < 4.78 is 5.48. The zero-order valence-corrected chi connectivity index (χ0v) is 17.6. The number of aromatic nitrogens is 1. The number of pyridine rings is 1. The molecule has 1 heterocycles. The minimum atomic E-state index is -1.22. The van der Waals surface area contributed by atoms with Crippen LogP contribution in [-0.2, 0) is 14.4 Å². The number of carboxylic acids is 1. The van der Waals surface area contributed by atoms with Crippen molar-refractivity contribution in [3.8, 4) is 11.1 Å². The highest BCUT2D eigenvalue weighted by molar-refractivity contribution is 5.92. The lowest BCUT2D eigenvalue weighted by atomic mass is 9.98. The van der Waals surface area contributed by atoms with Gasteiger partial charge in [-0.25, -0.2) is 20.1 Å². The van der Waals surface area contributed by atoms with Crippen molar-refractivity contribution >= 4 is 23.7 Å². The number of benzene rings is 2. The fourth-order valence-electron chi connectivity index (χ4n) is 3.60. The lowest BCUT2D eigenvalue weighted by Gasteiger charge is -2.14. The van der Waals surface area contributed by atoms with E-state index in [4.69, 9.17) is 14.7 Å². The number of ether oxygens (including phenoxy) is 1. The summed E-state index contributed by atoms with van der Waals surface area (Å²) in [6, 6.07) is 18.9. The second-order valence-electron chi connectivity index (χ2n) is 7.41. The predicted molar refractivity (Wildman–Crippen MR) is 119 cm³/mol. The van der Waals surface area contributed by atoms with Crippen molar-refractivity contribution < 1.29 is 29.1 Å². The van der Waals surface area contributed by atoms with Crippen LogP contribution < -0.4 is 10.8 Å². The van der Waals surface area contributed by atoms with Crippen LogP contribution in [0.1, 0.15) is 34.5 Å². The third kappa shape index (κ3) is 4.83. The molecule has 4 rings (SSSR count). The molecular weight excluding hydrogens is 426 g/mol. The molecule has 0 saturated heterocycles. The summed E-state index contributed by atoms with van der Waals surface area (Å²) in [5.74, 6) is -1.98. The molecular formula is C24H21N3O6. The number of nitrogens with zero attached hydrogens (tertiary/aromatic N) is 1.